The van der Waals surface area contributed by atoms with Crippen molar-refractivity contribution in [3.05, 3.63) is 0 Å². The summed E-state index contributed by atoms with van der Waals surface area (Å²) in [6, 6.07) is 0. The lowest BCUT2D eigenvalue weighted by atomic mass is 9.83. The molecule has 0 spiro atoms. The van der Waals surface area contributed by atoms with E-state index in [4.69, 9.17) is 4.74 Å². The van der Waals surface area contributed by atoms with Gasteiger partial charge in [-0.05, 0) is 31.2 Å². The van der Waals surface area contributed by atoms with E-state index in [1.54, 1.807) is 0 Å². The van der Waals surface area contributed by atoms with Crippen LogP contribution in [0, 0.1) is 11.8 Å². The van der Waals surface area contributed by atoms with Crippen LogP contribution < -0.4 is 5.32 Å². The van der Waals surface area contributed by atoms with E-state index in [2.05, 4.69) is 19.2 Å². The van der Waals surface area contributed by atoms with Crippen molar-refractivity contribution in [3.8, 4) is 0 Å². The second-order valence-electron chi connectivity index (χ2n) is 5.13. The Balaban J connectivity index is 1.69. The second kappa shape index (κ2) is 8.12. The topological polar surface area (TPSA) is 21.3 Å². The van der Waals surface area contributed by atoms with Gasteiger partial charge in [-0.2, -0.15) is 0 Å². The predicted octanol–water partition coefficient (Wildman–Crippen LogP) is 2.83. The molecule has 0 aromatic carbocycles. The molecule has 1 fully saturated rings. The molecule has 1 aliphatic carbocycles. The van der Waals surface area contributed by atoms with Gasteiger partial charge >= 0.3 is 0 Å². The van der Waals surface area contributed by atoms with Gasteiger partial charge in [-0.15, -0.1) is 0 Å². The summed E-state index contributed by atoms with van der Waals surface area (Å²) in [6.45, 7) is 8.51. The fraction of sp³-hybridized carbons (Fsp3) is 1.00. The van der Waals surface area contributed by atoms with Crippen LogP contribution in [0.25, 0.3) is 0 Å². The molecule has 0 bridgehead atoms. The highest BCUT2D eigenvalue weighted by molar-refractivity contribution is 4.68. The first-order valence-corrected chi connectivity index (χ1v) is 6.57. The van der Waals surface area contributed by atoms with Gasteiger partial charge in [0.2, 0.25) is 0 Å². The first-order chi connectivity index (χ1) is 7.29. The van der Waals surface area contributed by atoms with Crippen molar-refractivity contribution in [2.45, 2.75) is 46.0 Å². The third-order valence-electron chi connectivity index (χ3n) is 3.22. The van der Waals surface area contributed by atoms with E-state index in [9.17, 15) is 0 Å². The maximum absolute atomic E-state index is 5.58. The maximum atomic E-state index is 5.58. The zero-order valence-electron chi connectivity index (χ0n) is 10.4. The van der Waals surface area contributed by atoms with E-state index in [1.807, 2.05) is 0 Å². The van der Waals surface area contributed by atoms with Gasteiger partial charge < -0.3 is 10.1 Å². The molecule has 1 N–H and O–H groups in total. The number of nitrogens with one attached hydrogen (secondary N) is 1. The monoisotopic (exact) mass is 213 g/mol. The summed E-state index contributed by atoms with van der Waals surface area (Å²) in [4.78, 5) is 0. The summed E-state index contributed by atoms with van der Waals surface area (Å²) in [6.07, 6.45) is 6.88. The van der Waals surface area contributed by atoms with Gasteiger partial charge in [-0.25, -0.2) is 0 Å². The average molecular weight is 213 g/mol. The number of hydrogen-bond acceptors (Lipinski definition) is 2. The highest BCUT2D eigenvalue weighted by atomic mass is 16.5. The summed E-state index contributed by atoms with van der Waals surface area (Å²) >= 11 is 0. The molecule has 2 nitrogen and oxygen atoms in total. The van der Waals surface area contributed by atoms with Crippen molar-refractivity contribution in [1.82, 2.24) is 5.32 Å². The summed E-state index contributed by atoms with van der Waals surface area (Å²) in [5.74, 6) is 1.79. The molecule has 90 valence electrons. The molecule has 1 saturated carbocycles. The first kappa shape index (κ1) is 13.0. The third kappa shape index (κ3) is 6.91. The van der Waals surface area contributed by atoms with Gasteiger partial charge in [0.15, 0.2) is 0 Å². The molecule has 15 heavy (non-hydrogen) atoms. The van der Waals surface area contributed by atoms with Crippen LogP contribution in [-0.2, 0) is 4.74 Å². The molecule has 0 amide bonds. The molecular formula is C13H27NO. The smallest absolute Gasteiger partial charge is 0.0590 e. The van der Waals surface area contributed by atoms with Crippen LogP contribution in [0.2, 0.25) is 0 Å². The predicted molar refractivity (Wildman–Crippen MR) is 65.1 cm³/mol. The third-order valence-corrected chi connectivity index (χ3v) is 3.22. The Morgan fingerprint density at radius 2 is 2.00 bits per heavy atom. The Morgan fingerprint density at radius 1 is 1.20 bits per heavy atom. The Bertz CT molecular complexity index is 143. The lowest BCUT2D eigenvalue weighted by Crippen LogP contribution is -2.22. The Hall–Kier alpha value is -0.0800. The van der Waals surface area contributed by atoms with Crippen LogP contribution in [0.3, 0.4) is 0 Å². The largest absolute Gasteiger partial charge is 0.380 e. The van der Waals surface area contributed by atoms with Crippen molar-refractivity contribution in [2.24, 2.45) is 11.8 Å². The number of ether oxygens (including phenoxy) is 1. The molecule has 0 radical (unpaired) electrons. The van der Waals surface area contributed by atoms with Gasteiger partial charge in [-0.1, -0.05) is 33.1 Å². The van der Waals surface area contributed by atoms with Crippen LogP contribution in [0.4, 0.5) is 0 Å². The molecule has 0 unspecified atom stereocenters. The highest BCUT2D eigenvalue weighted by Crippen LogP contribution is 2.28. The van der Waals surface area contributed by atoms with E-state index >= 15 is 0 Å². The zero-order chi connectivity index (χ0) is 10.9. The molecule has 0 aliphatic heterocycles. The number of rotatable bonds is 9. The van der Waals surface area contributed by atoms with Crippen molar-refractivity contribution < 1.29 is 4.74 Å². The van der Waals surface area contributed by atoms with Crippen molar-refractivity contribution in [3.63, 3.8) is 0 Å². The standard InChI is InChI=1S/C13H27NO/c1-12(2)6-8-14-9-11-15-10-7-13-4-3-5-13/h12-14H,3-11H2,1-2H3. The molecule has 0 atom stereocenters. The lowest BCUT2D eigenvalue weighted by molar-refractivity contribution is 0.108. The van der Waals surface area contributed by atoms with Crippen LogP contribution in [0.15, 0.2) is 0 Å². The Labute approximate surface area is 94.8 Å². The maximum Gasteiger partial charge on any atom is 0.0590 e. The minimum absolute atomic E-state index is 0.803. The highest BCUT2D eigenvalue weighted by Gasteiger charge is 2.16. The summed E-state index contributed by atoms with van der Waals surface area (Å²) < 4.78 is 5.58. The molecule has 0 aromatic heterocycles. The summed E-state index contributed by atoms with van der Waals surface area (Å²) in [5, 5.41) is 3.41. The SMILES string of the molecule is CC(C)CCNCCOCCC1CCC1. The molecule has 0 saturated heterocycles. The Kier molecular flexibility index (Phi) is 7.03. The summed E-state index contributed by atoms with van der Waals surface area (Å²) in [7, 11) is 0. The quantitative estimate of drug-likeness (QED) is 0.595. The van der Waals surface area contributed by atoms with Crippen molar-refractivity contribution in [1.29, 1.82) is 0 Å². The fourth-order valence-electron chi connectivity index (χ4n) is 1.79. The molecule has 0 heterocycles. The van der Waals surface area contributed by atoms with Gasteiger partial charge in [0.25, 0.3) is 0 Å². The van der Waals surface area contributed by atoms with E-state index in [-0.39, 0.29) is 0 Å². The normalized spacial score (nSPS) is 17.0. The van der Waals surface area contributed by atoms with Crippen LogP contribution in [0.1, 0.15) is 46.0 Å². The van der Waals surface area contributed by atoms with Gasteiger partial charge in [0.1, 0.15) is 0 Å². The van der Waals surface area contributed by atoms with Crippen LogP contribution in [0.5, 0.6) is 0 Å². The van der Waals surface area contributed by atoms with Crippen molar-refractivity contribution in [2.75, 3.05) is 26.3 Å². The molecule has 2 heteroatoms. The van der Waals surface area contributed by atoms with Gasteiger partial charge in [0, 0.05) is 13.2 Å². The van der Waals surface area contributed by atoms with E-state index in [1.165, 1.54) is 32.1 Å². The zero-order valence-corrected chi connectivity index (χ0v) is 10.4. The molecule has 0 aromatic rings. The van der Waals surface area contributed by atoms with Crippen molar-refractivity contribution >= 4 is 0 Å². The van der Waals surface area contributed by atoms with E-state index in [0.717, 1.165) is 38.1 Å². The van der Waals surface area contributed by atoms with Gasteiger partial charge in [0.05, 0.1) is 6.61 Å². The van der Waals surface area contributed by atoms with E-state index in [0.29, 0.717) is 0 Å². The lowest BCUT2D eigenvalue weighted by Gasteiger charge is -2.24. The minimum atomic E-state index is 0.803. The number of hydrogen-bond donors (Lipinski definition) is 1. The molecular weight excluding hydrogens is 186 g/mol. The first-order valence-electron chi connectivity index (χ1n) is 6.57. The molecule has 1 rings (SSSR count). The Morgan fingerprint density at radius 3 is 2.60 bits per heavy atom. The fourth-order valence-corrected chi connectivity index (χ4v) is 1.79. The summed E-state index contributed by atoms with van der Waals surface area (Å²) in [5.41, 5.74) is 0. The average Bonchev–Trinajstić information content (AvgIpc) is 2.12. The second-order valence-corrected chi connectivity index (χ2v) is 5.13. The van der Waals surface area contributed by atoms with Crippen LogP contribution >= 0.6 is 0 Å². The van der Waals surface area contributed by atoms with Crippen LogP contribution in [-0.4, -0.2) is 26.3 Å². The van der Waals surface area contributed by atoms with E-state index < -0.39 is 0 Å². The molecule has 1 aliphatic rings. The van der Waals surface area contributed by atoms with Gasteiger partial charge in [-0.3, -0.25) is 0 Å². The minimum Gasteiger partial charge on any atom is -0.380 e.